The molecule has 1 heterocycles. The smallest absolute Gasteiger partial charge is 0.0802 e. The van der Waals surface area contributed by atoms with Gasteiger partial charge < -0.3 is 4.74 Å². The highest BCUT2D eigenvalue weighted by Gasteiger charge is 2.26. The lowest BCUT2D eigenvalue weighted by molar-refractivity contribution is -0.0761. The van der Waals surface area contributed by atoms with E-state index in [1.54, 1.807) is 0 Å². The van der Waals surface area contributed by atoms with Gasteiger partial charge in [0.15, 0.2) is 0 Å². The summed E-state index contributed by atoms with van der Waals surface area (Å²) in [5.41, 5.74) is 0. The quantitative estimate of drug-likeness (QED) is 0.712. The molecule has 13 heavy (non-hydrogen) atoms. The molecule has 0 saturated carbocycles. The predicted molar refractivity (Wildman–Crippen MR) is 59.5 cm³/mol. The van der Waals surface area contributed by atoms with Crippen LogP contribution < -0.4 is 0 Å². The molecule has 0 aromatic heterocycles. The normalized spacial score (nSPS) is 33.2. The molecule has 2 nitrogen and oxygen atoms in total. The van der Waals surface area contributed by atoms with Crippen LogP contribution in [0.15, 0.2) is 0 Å². The molecule has 3 unspecified atom stereocenters. The summed E-state index contributed by atoms with van der Waals surface area (Å²) < 4.78 is 5.77. The summed E-state index contributed by atoms with van der Waals surface area (Å²) in [7, 11) is 0. The van der Waals surface area contributed by atoms with Crippen LogP contribution >= 0.6 is 15.9 Å². The molecule has 1 fully saturated rings. The van der Waals surface area contributed by atoms with Crippen molar-refractivity contribution >= 4 is 15.9 Å². The summed E-state index contributed by atoms with van der Waals surface area (Å²) in [5, 5.41) is 0.949. The van der Waals surface area contributed by atoms with Gasteiger partial charge in [0.05, 0.1) is 12.2 Å². The van der Waals surface area contributed by atoms with Gasteiger partial charge in [-0.25, -0.2) is 0 Å². The molecule has 0 radical (unpaired) electrons. The van der Waals surface area contributed by atoms with Gasteiger partial charge in [0, 0.05) is 24.5 Å². The molecule has 0 aromatic rings. The zero-order valence-electron chi connectivity index (χ0n) is 8.79. The molecule has 1 aliphatic rings. The van der Waals surface area contributed by atoms with Crippen molar-refractivity contribution in [3.05, 3.63) is 0 Å². The Hall–Kier alpha value is 0.400. The Kier molecular flexibility index (Phi) is 4.70. The third-order valence-corrected chi connectivity index (χ3v) is 3.46. The van der Waals surface area contributed by atoms with Crippen LogP contribution in [0.2, 0.25) is 0 Å². The highest BCUT2D eigenvalue weighted by molar-refractivity contribution is 9.09. The number of halogens is 1. The molecule has 1 saturated heterocycles. The number of morpholine rings is 1. The molecule has 78 valence electrons. The fourth-order valence-electron chi connectivity index (χ4n) is 1.78. The number of hydrogen-bond donors (Lipinski definition) is 0. The predicted octanol–water partition coefficient (Wildman–Crippen LogP) is 2.27. The van der Waals surface area contributed by atoms with Crippen molar-refractivity contribution < 1.29 is 4.74 Å². The first kappa shape index (κ1) is 11.5. The van der Waals surface area contributed by atoms with Crippen LogP contribution in [-0.2, 0) is 4.74 Å². The van der Waals surface area contributed by atoms with E-state index in [9.17, 15) is 0 Å². The van der Waals surface area contributed by atoms with Crippen molar-refractivity contribution in [2.24, 2.45) is 0 Å². The van der Waals surface area contributed by atoms with E-state index in [0.29, 0.717) is 18.2 Å². The third-order valence-electron chi connectivity index (χ3n) is 2.74. The van der Waals surface area contributed by atoms with Crippen LogP contribution in [0.1, 0.15) is 27.2 Å². The largest absolute Gasteiger partial charge is 0.372 e. The van der Waals surface area contributed by atoms with Gasteiger partial charge in [0.1, 0.15) is 0 Å². The molecular formula is C10H20BrNO. The van der Waals surface area contributed by atoms with E-state index < -0.39 is 0 Å². The molecular weight excluding hydrogens is 230 g/mol. The molecule has 0 N–H and O–H groups in total. The maximum absolute atomic E-state index is 5.77. The Bertz CT molecular complexity index is 154. The van der Waals surface area contributed by atoms with Crippen LogP contribution in [0.4, 0.5) is 0 Å². The minimum absolute atomic E-state index is 0.373. The van der Waals surface area contributed by atoms with E-state index in [1.165, 1.54) is 6.42 Å². The lowest BCUT2D eigenvalue weighted by Gasteiger charge is -2.39. The summed E-state index contributed by atoms with van der Waals surface area (Å²) in [4.78, 5) is 2.53. The second-order valence-corrected chi connectivity index (χ2v) is 4.58. The minimum Gasteiger partial charge on any atom is -0.372 e. The van der Waals surface area contributed by atoms with Crippen LogP contribution in [-0.4, -0.2) is 41.6 Å². The SMILES string of the molecule is CCC(C)N1CC(C)OC(CBr)C1. The molecule has 0 bridgehead atoms. The van der Waals surface area contributed by atoms with Gasteiger partial charge in [-0.05, 0) is 20.3 Å². The van der Waals surface area contributed by atoms with E-state index in [0.717, 1.165) is 18.4 Å². The number of ether oxygens (including phenoxy) is 1. The van der Waals surface area contributed by atoms with Gasteiger partial charge in [-0.15, -0.1) is 0 Å². The Labute approximate surface area is 89.8 Å². The molecule has 3 atom stereocenters. The van der Waals surface area contributed by atoms with Crippen LogP contribution in [0.25, 0.3) is 0 Å². The molecule has 3 heteroatoms. The lowest BCUT2D eigenvalue weighted by Crippen LogP contribution is -2.50. The standard InChI is InChI=1S/C10H20BrNO/c1-4-8(2)12-6-9(3)13-10(5-11)7-12/h8-10H,4-7H2,1-3H3. The van der Waals surface area contributed by atoms with Crippen molar-refractivity contribution in [2.45, 2.75) is 45.4 Å². The number of nitrogens with zero attached hydrogens (tertiary/aromatic N) is 1. The van der Waals surface area contributed by atoms with Gasteiger partial charge in [-0.1, -0.05) is 22.9 Å². The van der Waals surface area contributed by atoms with E-state index in [4.69, 9.17) is 4.74 Å². The van der Waals surface area contributed by atoms with E-state index in [1.807, 2.05) is 0 Å². The van der Waals surface area contributed by atoms with Crippen molar-refractivity contribution in [1.82, 2.24) is 4.90 Å². The fraction of sp³-hybridized carbons (Fsp3) is 1.00. The topological polar surface area (TPSA) is 12.5 Å². The molecule has 0 aliphatic carbocycles. The van der Waals surface area contributed by atoms with Crippen LogP contribution in [0.3, 0.4) is 0 Å². The zero-order chi connectivity index (χ0) is 9.84. The maximum atomic E-state index is 5.77. The summed E-state index contributed by atoms with van der Waals surface area (Å²) >= 11 is 3.49. The summed E-state index contributed by atoms with van der Waals surface area (Å²) in [6.45, 7) is 8.85. The number of rotatable bonds is 3. The Morgan fingerprint density at radius 2 is 2.23 bits per heavy atom. The molecule has 0 aromatic carbocycles. The average molecular weight is 250 g/mol. The van der Waals surface area contributed by atoms with Gasteiger partial charge in [-0.2, -0.15) is 0 Å². The lowest BCUT2D eigenvalue weighted by atomic mass is 10.1. The van der Waals surface area contributed by atoms with Gasteiger partial charge in [0.2, 0.25) is 0 Å². The van der Waals surface area contributed by atoms with Crippen molar-refractivity contribution in [2.75, 3.05) is 18.4 Å². The fourth-order valence-corrected chi connectivity index (χ4v) is 2.14. The van der Waals surface area contributed by atoms with Crippen molar-refractivity contribution in [3.63, 3.8) is 0 Å². The zero-order valence-corrected chi connectivity index (χ0v) is 10.4. The second kappa shape index (κ2) is 5.32. The van der Waals surface area contributed by atoms with E-state index in [-0.39, 0.29) is 0 Å². The monoisotopic (exact) mass is 249 g/mol. The Morgan fingerprint density at radius 3 is 2.77 bits per heavy atom. The second-order valence-electron chi connectivity index (χ2n) is 3.93. The summed E-state index contributed by atoms with van der Waals surface area (Å²) in [5.74, 6) is 0. The Balaban J connectivity index is 2.46. The first-order valence-corrected chi connectivity index (χ1v) is 6.25. The van der Waals surface area contributed by atoms with Crippen molar-refractivity contribution in [3.8, 4) is 0 Å². The first-order valence-electron chi connectivity index (χ1n) is 5.12. The molecule has 0 spiro atoms. The highest BCUT2D eigenvalue weighted by Crippen LogP contribution is 2.16. The summed E-state index contributed by atoms with van der Waals surface area (Å²) in [6.07, 6.45) is 1.98. The number of hydrogen-bond acceptors (Lipinski definition) is 2. The van der Waals surface area contributed by atoms with Gasteiger partial charge in [0.25, 0.3) is 0 Å². The minimum atomic E-state index is 0.373. The molecule has 0 amide bonds. The number of alkyl halides is 1. The highest BCUT2D eigenvalue weighted by atomic mass is 79.9. The molecule has 1 aliphatic heterocycles. The van der Waals surface area contributed by atoms with E-state index >= 15 is 0 Å². The first-order chi connectivity index (χ1) is 6.17. The third kappa shape index (κ3) is 3.22. The maximum Gasteiger partial charge on any atom is 0.0802 e. The molecule has 1 rings (SSSR count). The summed E-state index contributed by atoms with van der Waals surface area (Å²) in [6, 6.07) is 0.688. The van der Waals surface area contributed by atoms with Crippen LogP contribution in [0, 0.1) is 0 Å². The van der Waals surface area contributed by atoms with E-state index in [2.05, 4.69) is 41.6 Å². The van der Waals surface area contributed by atoms with Gasteiger partial charge in [-0.3, -0.25) is 4.90 Å². The van der Waals surface area contributed by atoms with Crippen LogP contribution in [0.5, 0.6) is 0 Å². The average Bonchev–Trinajstić information content (AvgIpc) is 2.15. The van der Waals surface area contributed by atoms with Gasteiger partial charge >= 0.3 is 0 Å². The Morgan fingerprint density at radius 1 is 1.54 bits per heavy atom. The van der Waals surface area contributed by atoms with Crippen molar-refractivity contribution in [1.29, 1.82) is 0 Å².